The Morgan fingerprint density at radius 3 is 2.52 bits per heavy atom. The van der Waals surface area contributed by atoms with Crippen LogP contribution in [-0.2, 0) is 15.7 Å². The third-order valence-electron chi connectivity index (χ3n) is 5.01. The molecule has 0 amide bonds. The lowest BCUT2D eigenvalue weighted by Gasteiger charge is -2.15. The minimum absolute atomic E-state index is 0.122. The summed E-state index contributed by atoms with van der Waals surface area (Å²) in [6.07, 6.45) is 0.773. The van der Waals surface area contributed by atoms with Gasteiger partial charge in [0.1, 0.15) is 17.3 Å². The third kappa shape index (κ3) is 4.16. The Morgan fingerprint density at radius 1 is 1.12 bits per heavy atom. The molecule has 4 heterocycles. The number of nitrogens with zero attached hydrogens (tertiary/aromatic N) is 5. The summed E-state index contributed by atoms with van der Waals surface area (Å²) < 4.78 is 44.6. The molecule has 0 saturated heterocycles. The van der Waals surface area contributed by atoms with Gasteiger partial charge in [-0.25, -0.2) is 14.8 Å². The van der Waals surface area contributed by atoms with Crippen molar-refractivity contribution in [2.24, 2.45) is 0 Å². The lowest BCUT2D eigenvalue weighted by molar-refractivity contribution is -0.144. The van der Waals surface area contributed by atoms with Gasteiger partial charge in [0.2, 0.25) is 0 Å². The number of methoxy groups -OCH3 is 1. The summed E-state index contributed by atoms with van der Waals surface area (Å²) >= 11 is 0. The number of carbonyl (C=O) groups excluding carboxylic acids is 1. The predicted molar refractivity (Wildman–Crippen MR) is 112 cm³/mol. The second kappa shape index (κ2) is 8.41. The second-order valence-corrected chi connectivity index (χ2v) is 7.08. The molecular weight excluding hydrogens is 439 g/mol. The molecule has 0 aliphatic rings. The molecule has 168 valence electrons. The number of rotatable bonds is 4. The van der Waals surface area contributed by atoms with E-state index in [2.05, 4.69) is 19.9 Å². The van der Waals surface area contributed by atoms with Gasteiger partial charge in [0.25, 0.3) is 5.56 Å². The topological polar surface area (TPSA) is 99.9 Å². The maximum absolute atomic E-state index is 13.3. The zero-order valence-corrected chi connectivity index (χ0v) is 17.4. The van der Waals surface area contributed by atoms with Crippen LogP contribution >= 0.6 is 0 Å². The lowest BCUT2D eigenvalue weighted by Crippen LogP contribution is -2.29. The van der Waals surface area contributed by atoms with E-state index in [4.69, 9.17) is 4.74 Å². The van der Waals surface area contributed by atoms with Crippen LogP contribution in [0.5, 0.6) is 0 Å². The summed E-state index contributed by atoms with van der Waals surface area (Å²) in [6.45, 7) is 1.49. The molecule has 4 aromatic rings. The average molecular weight is 455 g/mol. The summed E-state index contributed by atoms with van der Waals surface area (Å²) in [6, 6.07) is 5.93. The molecule has 4 aromatic heterocycles. The van der Waals surface area contributed by atoms with Gasteiger partial charge in [-0.2, -0.15) is 13.2 Å². The fraction of sp³-hybridized carbons (Fsp3) is 0.182. The van der Waals surface area contributed by atoms with Gasteiger partial charge in [-0.05, 0) is 37.3 Å². The zero-order valence-electron chi connectivity index (χ0n) is 17.4. The number of fused-ring (bicyclic) bond motifs is 1. The normalized spacial score (nSPS) is 12.5. The van der Waals surface area contributed by atoms with Crippen molar-refractivity contribution in [2.75, 3.05) is 7.11 Å². The van der Waals surface area contributed by atoms with E-state index in [1.54, 1.807) is 18.3 Å². The fourth-order valence-electron chi connectivity index (χ4n) is 3.27. The van der Waals surface area contributed by atoms with Crippen molar-refractivity contribution in [3.8, 4) is 22.5 Å². The fourth-order valence-corrected chi connectivity index (χ4v) is 3.27. The highest BCUT2D eigenvalue weighted by atomic mass is 19.4. The first kappa shape index (κ1) is 22.1. The van der Waals surface area contributed by atoms with Crippen molar-refractivity contribution in [3.63, 3.8) is 0 Å². The number of hydrogen-bond donors (Lipinski definition) is 0. The van der Waals surface area contributed by atoms with Crippen LogP contribution in [0.3, 0.4) is 0 Å². The number of pyridine rings is 3. The minimum Gasteiger partial charge on any atom is -0.467 e. The predicted octanol–water partition coefficient (Wildman–Crippen LogP) is 3.67. The van der Waals surface area contributed by atoms with Gasteiger partial charge in [0, 0.05) is 29.7 Å². The number of aromatic nitrogens is 5. The lowest BCUT2D eigenvalue weighted by atomic mass is 10.1. The van der Waals surface area contributed by atoms with Crippen LogP contribution < -0.4 is 5.56 Å². The van der Waals surface area contributed by atoms with Gasteiger partial charge < -0.3 is 4.74 Å². The standard InChI is InChI=1S/C22H16F3N5O3/c1-12(21(32)33-2)30-11-28-19-15(20(30)31)8-16(29-18(19)14-4-3-7-26-9-14)13-5-6-17(27-10-13)22(23,24)25/h3-12H,1-2H3/t12-/m0/s1. The molecule has 0 aliphatic carbocycles. The monoisotopic (exact) mass is 455 g/mol. The van der Waals surface area contributed by atoms with Crippen LogP contribution in [0.2, 0.25) is 0 Å². The van der Waals surface area contributed by atoms with Gasteiger partial charge in [-0.1, -0.05) is 0 Å². The quantitative estimate of drug-likeness (QED) is 0.433. The molecule has 0 fully saturated rings. The molecule has 0 saturated carbocycles. The van der Waals surface area contributed by atoms with Crippen LogP contribution in [0.4, 0.5) is 13.2 Å². The number of esters is 1. The molecule has 1 atom stereocenters. The van der Waals surface area contributed by atoms with Gasteiger partial charge in [0.05, 0.1) is 30.2 Å². The Morgan fingerprint density at radius 2 is 1.91 bits per heavy atom. The maximum atomic E-state index is 13.3. The van der Waals surface area contributed by atoms with Crippen molar-refractivity contribution in [1.82, 2.24) is 24.5 Å². The molecule has 0 bridgehead atoms. The Labute approximate surface area is 184 Å². The molecule has 4 rings (SSSR count). The van der Waals surface area contributed by atoms with E-state index in [9.17, 15) is 22.8 Å². The van der Waals surface area contributed by atoms with E-state index < -0.39 is 29.4 Å². The first-order chi connectivity index (χ1) is 15.7. The van der Waals surface area contributed by atoms with Crippen molar-refractivity contribution in [3.05, 3.63) is 71.3 Å². The molecule has 33 heavy (non-hydrogen) atoms. The Hall–Kier alpha value is -4.15. The minimum atomic E-state index is -4.59. The Balaban J connectivity index is 1.97. The number of hydrogen-bond acceptors (Lipinski definition) is 7. The SMILES string of the molecule is COC(=O)[C@H](C)n1cnc2c(-c3cccnc3)nc(-c3ccc(C(F)(F)F)nc3)cc2c1=O. The first-order valence-corrected chi connectivity index (χ1v) is 9.64. The van der Waals surface area contributed by atoms with E-state index in [1.807, 2.05) is 0 Å². The van der Waals surface area contributed by atoms with Gasteiger partial charge >= 0.3 is 12.1 Å². The van der Waals surface area contributed by atoms with Crippen LogP contribution in [-0.4, -0.2) is 37.6 Å². The van der Waals surface area contributed by atoms with Gasteiger partial charge in [-0.3, -0.25) is 19.3 Å². The van der Waals surface area contributed by atoms with Crippen molar-refractivity contribution in [2.45, 2.75) is 19.1 Å². The zero-order chi connectivity index (χ0) is 23.8. The molecule has 0 N–H and O–H groups in total. The van der Waals surface area contributed by atoms with Crippen LogP contribution in [0, 0.1) is 0 Å². The Bertz CT molecular complexity index is 1390. The van der Waals surface area contributed by atoms with Crippen molar-refractivity contribution in [1.29, 1.82) is 0 Å². The summed E-state index contributed by atoms with van der Waals surface area (Å²) in [5.74, 6) is -0.632. The summed E-state index contributed by atoms with van der Waals surface area (Å²) in [5.41, 5.74) is 0.0168. The van der Waals surface area contributed by atoms with E-state index in [0.29, 0.717) is 11.3 Å². The number of carbonyl (C=O) groups is 1. The van der Waals surface area contributed by atoms with Gasteiger partial charge in [-0.15, -0.1) is 0 Å². The molecular formula is C22H16F3N5O3. The van der Waals surface area contributed by atoms with Crippen LogP contribution in [0.1, 0.15) is 18.7 Å². The molecule has 11 heteroatoms. The maximum Gasteiger partial charge on any atom is 0.433 e. The molecule has 0 radical (unpaired) electrons. The van der Waals surface area contributed by atoms with E-state index in [-0.39, 0.29) is 22.2 Å². The van der Waals surface area contributed by atoms with Crippen molar-refractivity contribution >= 4 is 16.9 Å². The largest absolute Gasteiger partial charge is 0.467 e. The smallest absolute Gasteiger partial charge is 0.433 e. The van der Waals surface area contributed by atoms with E-state index in [1.165, 1.54) is 38.7 Å². The van der Waals surface area contributed by atoms with Crippen LogP contribution in [0.15, 0.2) is 60.0 Å². The summed E-state index contributed by atoms with van der Waals surface area (Å²) in [4.78, 5) is 41.6. The highest BCUT2D eigenvalue weighted by Gasteiger charge is 2.32. The van der Waals surface area contributed by atoms with E-state index >= 15 is 0 Å². The van der Waals surface area contributed by atoms with E-state index in [0.717, 1.165) is 16.8 Å². The summed E-state index contributed by atoms with van der Waals surface area (Å²) in [7, 11) is 1.21. The van der Waals surface area contributed by atoms with Gasteiger partial charge in [0.15, 0.2) is 0 Å². The number of halogens is 3. The second-order valence-electron chi connectivity index (χ2n) is 7.08. The summed E-state index contributed by atoms with van der Waals surface area (Å²) in [5, 5.41) is 0.122. The molecule has 0 aliphatic heterocycles. The highest BCUT2D eigenvalue weighted by molar-refractivity contribution is 5.93. The number of alkyl halides is 3. The first-order valence-electron chi connectivity index (χ1n) is 9.64. The molecule has 0 aromatic carbocycles. The molecule has 8 nitrogen and oxygen atoms in total. The molecule has 0 spiro atoms. The molecule has 0 unspecified atom stereocenters. The Kier molecular flexibility index (Phi) is 5.62. The van der Waals surface area contributed by atoms with Crippen molar-refractivity contribution < 1.29 is 22.7 Å². The third-order valence-corrected chi connectivity index (χ3v) is 5.01. The highest BCUT2D eigenvalue weighted by Crippen LogP contribution is 2.31. The van der Waals surface area contributed by atoms with Crippen LogP contribution in [0.25, 0.3) is 33.4 Å². The average Bonchev–Trinajstić information content (AvgIpc) is 2.83. The number of ether oxygens (including phenoxy) is 1.